The molecule has 0 saturated heterocycles. The SMILES string of the molecule is COc1ccc([C@H]2c3ccc4ccccc4c3Oc3ncn4nc(-c5ccccc5O)nc4c32)cc1. The number of aromatic nitrogens is 4. The second-order valence-corrected chi connectivity index (χ2v) is 8.70. The zero-order chi connectivity index (χ0) is 24.2. The van der Waals surface area contributed by atoms with Crippen LogP contribution in [-0.2, 0) is 0 Å². The van der Waals surface area contributed by atoms with E-state index < -0.39 is 0 Å². The number of aromatic hydroxyl groups is 1. The van der Waals surface area contributed by atoms with E-state index in [2.05, 4.69) is 46.5 Å². The molecule has 0 saturated carbocycles. The summed E-state index contributed by atoms with van der Waals surface area (Å²) in [7, 11) is 1.66. The zero-order valence-corrected chi connectivity index (χ0v) is 19.3. The monoisotopic (exact) mass is 472 g/mol. The number of methoxy groups -OCH3 is 1. The fourth-order valence-corrected chi connectivity index (χ4v) is 4.97. The molecular weight excluding hydrogens is 452 g/mol. The Hall–Kier alpha value is -4.91. The number of fused-ring (bicyclic) bond motifs is 6. The van der Waals surface area contributed by atoms with Gasteiger partial charge >= 0.3 is 0 Å². The Bertz CT molecular complexity index is 1780. The van der Waals surface area contributed by atoms with Gasteiger partial charge < -0.3 is 14.6 Å². The molecule has 7 nitrogen and oxygen atoms in total. The summed E-state index contributed by atoms with van der Waals surface area (Å²) >= 11 is 0. The Kier molecular flexibility index (Phi) is 4.44. The minimum Gasteiger partial charge on any atom is -0.507 e. The Morgan fingerprint density at radius 1 is 0.917 bits per heavy atom. The average molecular weight is 473 g/mol. The molecule has 2 aromatic heterocycles. The van der Waals surface area contributed by atoms with Gasteiger partial charge in [-0.15, -0.1) is 5.10 Å². The minimum absolute atomic E-state index is 0.120. The Morgan fingerprint density at radius 2 is 1.72 bits per heavy atom. The second-order valence-electron chi connectivity index (χ2n) is 8.70. The quantitative estimate of drug-likeness (QED) is 0.343. The number of ether oxygens (including phenoxy) is 2. The molecular formula is C29H20N4O3. The van der Waals surface area contributed by atoms with Crippen LogP contribution in [0.15, 0.2) is 91.3 Å². The number of nitrogens with zero attached hydrogens (tertiary/aromatic N) is 4. The Morgan fingerprint density at radius 3 is 2.56 bits per heavy atom. The molecule has 0 unspecified atom stereocenters. The van der Waals surface area contributed by atoms with Gasteiger partial charge in [0.2, 0.25) is 5.88 Å². The number of phenolic OH excluding ortho intramolecular Hbond substituents is 1. The summed E-state index contributed by atoms with van der Waals surface area (Å²) in [5, 5.41) is 17.1. The van der Waals surface area contributed by atoms with Crippen LogP contribution in [0.2, 0.25) is 0 Å². The predicted molar refractivity (Wildman–Crippen MR) is 136 cm³/mol. The summed E-state index contributed by atoms with van der Waals surface area (Å²) < 4.78 is 13.5. The molecule has 0 bridgehead atoms. The van der Waals surface area contributed by atoms with Crippen LogP contribution in [0.5, 0.6) is 23.1 Å². The number of hydrogen-bond acceptors (Lipinski definition) is 6. The van der Waals surface area contributed by atoms with Crippen LogP contribution in [0.1, 0.15) is 22.6 Å². The fraction of sp³-hybridized carbons (Fsp3) is 0.0690. The third-order valence-corrected chi connectivity index (χ3v) is 6.69. The predicted octanol–water partition coefficient (Wildman–Crippen LogP) is 5.94. The molecule has 1 aliphatic rings. The fourth-order valence-electron chi connectivity index (χ4n) is 4.97. The van der Waals surface area contributed by atoms with Crippen molar-refractivity contribution in [2.24, 2.45) is 0 Å². The molecule has 1 N–H and O–H groups in total. The van der Waals surface area contributed by atoms with Crippen LogP contribution < -0.4 is 9.47 Å². The maximum atomic E-state index is 10.4. The van der Waals surface area contributed by atoms with Gasteiger partial charge in [0, 0.05) is 16.9 Å². The molecule has 1 atom stereocenters. The highest BCUT2D eigenvalue weighted by Crippen LogP contribution is 2.50. The minimum atomic E-state index is -0.197. The van der Waals surface area contributed by atoms with E-state index in [9.17, 15) is 5.11 Å². The zero-order valence-electron chi connectivity index (χ0n) is 19.3. The van der Waals surface area contributed by atoms with Crippen LogP contribution in [0.4, 0.5) is 0 Å². The van der Waals surface area contributed by atoms with E-state index in [1.54, 1.807) is 36.2 Å². The van der Waals surface area contributed by atoms with Gasteiger partial charge in [0.25, 0.3) is 0 Å². The number of benzene rings is 4. The van der Waals surface area contributed by atoms with Crippen molar-refractivity contribution in [2.45, 2.75) is 5.92 Å². The highest BCUT2D eigenvalue weighted by atomic mass is 16.5. The van der Waals surface area contributed by atoms with E-state index in [4.69, 9.17) is 14.5 Å². The highest BCUT2D eigenvalue weighted by Gasteiger charge is 2.34. The first-order chi connectivity index (χ1) is 17.7. The lowest BCUT2D eigenvalue weighted by atomic mass is 9.83. The summed E-state index contributed by atoms with van der Waals surface area (Å²) in [5.74, 6) is 2.40. The first-order valence-electron chi connectivity index (χ1n) is 11.6. The standard InChI is InChI=1S/C29H20N4O3/c1-35-19-13-10-18(11-14-19)24-22-15-12-17-6-2-3-7-20(17)26(22)36-29-25(24)28-31-27(32-33(28)16-30-29)21-8-4-5-9-23(21)34/h2-16,24,34H,1H3/t24-/m0/s1. The molecule has 4 aromatic carbocycles. The van der Waals surface area contributed by atoms with Gasteiger partial charge in [-0.25, -0.2) is 14.5 Å². The van der Waals surface area contributed by atoms with Crippen LogP contribution in [0.3, 0.4) is 0 Å². The molecule has 0 radical (unpaired) electrons. The van der Waals surface area contributed by atoms with Crippen LogP contribution >= 0.6 is 0 Å². The van der Waals surface area contributed by atoms with Crippen molar-refractivity contribution in [3.05, 3.63) is 108 Å². The molecule has 174 valence electrons. The van der Waals surface area contributed by atoms with Crippen molar-refractivity contribution < 1.29 is 14.6 Å². The Balaban J connectivity index is 1.51. The van der Waals surface area contributed by atoms with Gasteiger partial charge in [0.05, 0.1) is 18.2 Å². The topological polar surface area (TPSA) is 81.8 Å². The van der Waals surface area contributed by atoms with Crippen molar-refractivity contribution in [2.75, 3.05) is 7.11 Å². The number of phenols is 1. The van der Waals surface area contributed by atoms with Gasteiger partial charge in [-0.3, -0.25) is 0 Å². The largest absolute Gasteiger partial charge is 0.507 e. The highest BCUT2D eigenvalue weighted by molar-refractivity contribution is 5.91. The molecule has 1 aliphatic heterocycles. The van der Waals surface area contributed by atoms with Crippen molar-refractivity contribution in [1.29, 1.82) is 0 Å². The molecule has 0 spiro atoms. The summed E-state index contributed by atoms with van der Waals surface area (Å²) in [6, 6.07) is 27.5. The van der Waals surface area contributed by atoms with E-state index >= 15 is 0 Å². The van der Waals surface area contributed by atoms with E-state index in [0.717, 1.165) is 39.0 Å². The normalized spacial score (nSPS) is 14.3. The number of hydrogen-bond donors (Lipinski definition) is 1. The molecule has 0 amide bonds. The van der Waals surface area contributed by atoms with Crippen LogP contribution in [0, 0.1) is 0 Å². The van der Waals surface area contributed by atoms with Gasteiger partial charge in [-0.05, 0) is 35.2 Å². The summed E-state index contributed by atoms with van der Waals surface area (Å²) in [5.41, 5.74) is 4.07. The lowest BCUT2D eigenvalue weighted by Crippen LogP contribution is -2.15. The summed E-state index contributed by atoms with van der Waals surface area (Å²) in [6.45, 7) is 0. The molecule has 7 heteroatoms. The molecule has 3 heterocycles. The summed E-state index contributed by atoms with van der Waals surface area (Å²) in [4.78, 5) is 9.49. The number of para-hydroxylation sites is 1. The molecule has 0 fully saturated rings. The third-order valence-electron chi connectivity index (χ3n) is 6.69. The van der Waals surface area contributed by atoms with E-state index in [0.29, 0.717) is 22.9 Å². The molecule has 36 heavy (non-hydrogen) atoms. The molecule has 0 aliphatic carbocycles. The lowest BCUT2D eigenvalue weighted by Gasteiger charge is -2.28. The van der Waals surface area contributed by atoms with E-state index in [-0.39, 0.29) is 11.7 Å². The lowest BCUT2D eigenvalue weighted by molar-refractivity contribution is 0.414. The van der Waals surface area contributed by atoms with Crippen LogP contribution in [0.25, 0.3) is 27.8 Å². The van der Waals surface area contributed by atoms with Gasteiger partial charge in [-0.1, -0.05) is 60.7 Å². The maximum Gasteiger partial charge on any atom is 0.228 e. The molecule has 7 rings (SSSR count). The van der Waals surface area contributed by atoms with Crippen molar-refractivity contribution in [1.82, 2.24) is 19.6 Å². The van der Waals surface area contributed by atoms with E-state index in [1.807, 2.05) is 30.3 Å². The average Bonchev–Trinajstić information content (AvgIpc) is 3.36. The smallest absolute Gasteiger partial charge is 0.228 e. The van der Waals surface area contributed by atoms with E-state index in [1.165, 1.54) is 0 Å². The second kappa shape index (κ2) is 7.81. The van der Waals surface area contributed by atoms with Gasteiger partial charge in [0.1, 0.15) is 23.6 Å². The summed E-state index contributed by atoms with van der Waals surface area (Å²) in [6.07, 6.45) is 1.60. The molecule has 6 aromatic rings. The maximum absolute atomic E-state index is 10.4. The van der Waals surface area contributed by atoms with Crippen molar-refractivity contribution in [3.63, 3.8) is 0 Å². The van der Waals surface area contributed by atoms with Crippen molar-refractivity contribution >= 4 is 16.4 Å². The third kappa shape index (κ3) is 3.03. The van der Waals surface area contributed by atoms with Gasteiger partial charge in [-0.2, -0.15) is 0 Å². The van der Waals surface area contributed by atoms with Crippen molar-refractivity contribution in [3.8, 4) is 34.5 Å². The van der Waals surface area contributed by atoms with Gasteiger partial charge in [0.15, 0.2) is 11.5 Å². The first kappa shape index (κ1) is 20.5. The van der Waals surface area contributed by atoms with Crippen LogP contribution in [-0.4, -0.2) is 31.8 Å². The number of rotatable bonds is 3. The first-order valence-corrected chi connectivity index (χ1v) is 11.6. The Labute approximate surface area is 206 Å².